The van der Waals surface area contributed by atoms with Crippen molar-refractivity contribution in [3.8, 4) is 0 Å². The van der Waals surface area contributed by atoms with Gasteiger partial charge in [0.25, 0.3) is 0 Å². The summed E-state index contributed by atoms with van der Waals surface area (Å²) in [6.07, 6.45) is 1.52. The molecule has 0 aromatic heterocycles. The van der Waals surface area contributed by atoms with Crippen LogP contribution >= 0.6 is 11.6 Å². The lowest BCUT2D eigenvalue weighted by atomic mass is 9.82. The van der Waals surface area contributed by atoms with Crippen LogP contribution in [0.25, 0.3) is 0 Å². The van der Waals surface area contributed by atoms with Crippen LogP contribution in [0.5, 0.6) is 0 Å². The van der Waals surface area contributed by atoms with Gasteiger partial charge in [0.05, 0.1) is 24.1 Å². The number of halogens is 2. The lowest BCUT2D eigenvalue weighted by Gasteiger charge is -2.22. The number of rotatable bonds is 4. The fraction of sp³-hybridized carbons (Fsp3) is 0.227. The molecule has 1 fully saturated rings. The van der Waals surface area contributed by atoms with Crippen LogP contribution in [0.15, 0.2) is 60.2 Å². The number of hydrogen-bond acceptors (Lipinski definition) is 4. The minimum Gasteiger partial charge on any atom is -0.463 e. The van der Waals surface area contributed by atoms with Crippen molar-refractivity contribution >= 4 is 35.1 Å². The molecule has 1 aliphatic heterocycles. The second kappa shape index (κ2) is 7.44. The summed E-state index contributed by atoms with van der Waals surface area (Å²) in [5, 5.41) is 0.488. The zero-order valence-electron chi connectivity index (χ0n) is 15.5. The molecule has 3 atom stereocenters. The van der Waals surface area contributed by atoms with E-state index in [0.717, 1.165) is 4.90 Å². The summed E-state index contributed by atoms with van der Waals surface area (Å²) in [5.41, 5.74) is 1.26. The maximum Gasteiger partial charge on any atom is 0.334 e. The Labute approximate surface area is 171 Å². The third-order valence-corrected chi connectivity index (χ3v) is 5.53. The molecule has 0 unspecified atom stereocenters. The number of esters is 1. The standard InChI is InChI=1S/C22H17ClFNO4/c1-2-29-22(28)17-11-16-19(18(17)12-3-7-14(24)8-4-12)21(27)25(20(16)26)15-9-5-13(23)6-10-15/h3-11,16,18-19H,2H2,1H3/t16-,18-,19-/m0/s1. The van der Waals surface area contributed by atoms with Crippen molar-refractivity contribution in [1.29, 1.82) is 0 Å². The van der Waals surface area contributed by atoms with E-state index in [-0.39, 0.29) is 12.2 Å². The normalized spacial score (nSPS) is 23.2. The molecule has 0 radical (unpaired) electrons. The lowest BCUT2D eigenvalue weighted by molar-refractivity contribution is -0.138. The first-order valence-corrected chi connectivity index (χ1v) is 9.58. The number of hydrogen-bond donors (Lipinski definition) is 0. The number of carbonyl (C=O) groups is 3. The molecule has 2 aromatic rings. The molecule has 0 N–H and O–H groups in total. The monoisotopic (exact) mass is 413 g/mol. The summed E-state index contributed by atoms with van der Waals surface area (Å²) >= 11 is 5.91. The number of fused-ring (bicyclic) bond motifs is 1. The average molecular weight is 414 g/mol. The van der Waals surface area contributed by atoms with Gasteiger partial charge >= 0.3 is 5.97 Å². The van der Waals surface area contributed by atoms with E-state index in [9.17, 15) is 18.8 Å². The fourth-order valence-corrected chi connectivity index (χ4v) is 4.17. The first-order valence-electron chi connectivity index (χ1n) is 9.20. The zero-order valence-corrected chi connectivity index (χ0v) is 16.2. The van der Waals surface area contributed by atoms with Crippen LogP contribution in [0, 0.1) is 17.7 Å². The van der Waals surface area contributed by atoms with Crippen molar-refractivity contribution in [2.75, 3.05) is 11.5 Å². The third kappa shape index (κ3) is 3.23. The maximum atomic E-state index is 13.4. The average Bonchev–Trinajstić information content (AvgIpc) is 3.20. The van der Waals surface area contributed by atoms with Gasteiger partial charge in [-0.3, -0.25) is 9.59 Å². The van der Waals surface area contributed by atoms with Gasteiger partial charge in [0.15, 0.2) is 0 Å². The summed E-state index contributed by atoms with van der Waals surface area (Å²) < 4.78 is 18.6. The highest BCUT2D eigenvalue weighted by atomic mass is 35.5. The van der Waals surface area contributed by atoms with Crippen molar-refractivity contribution in [1.82, 2.24) is 0 Å². The van der Waals surface area contributed by atoms with Crippen molar-refractivity contribution in [2.24, 2.45) is 11.8 Å². The third-order valence-electron chi connectivity index (χ3n) is 5.28. The number of benzene rings is 2. The molecule has 4 rings (SSSR count). The van der Waals surface area contributed by atoms with Gasteiger partial charge in [-0.1, -0.05) is 29.8 Å². The molecular formula is C22H17ClFNO4. The predicted octanol–water partition coefficient (Wildman–Crippen LogP) is 3.87. The van der Waals surface area contributed by atoms with Gasteiger partial charge in [0.1, 0.15) is 5.82 Å². The molecule has 2 amide bonds. The van der Waals surface area contributed by atoms with E-state index in [1.165, 1.54) is 30.3 Å². The number of ether oxygens (including phenoxy) is 1. The van der Waals surface area contributed by atoms with Gasteiger partial charge in [-0.2, -0.15) is 0 Å². The van der Waals surface area contributed by atoms with Crippen LogP contribution in [0.4, 0.5) is 10.1 Å². The SMILES string of the molecule is CCOC(=O)C1=C[C@@H]2C(=O)N(c3ccc(Cl)cc3)C(=O)[C@@H]2[C@H]1c1ccc(F)cc1. The van der Waals surface area contributed by atoms with Gasteiger partial charge in [-0.05, 0) is 48.9 Å². The molecule has 1 heterocycles. The first-order chi connectivity index (χ1) is 13.9. The van der Waals surface area contributed by atoms with Crippen LogP contribution in [-0.4, -0.2) is 24.4 Å². The van der Waals surface area contributed by atoms with Crippen molar-refractivity contribution in [2.45, 2.75) is 12.8 Å². The van der Waals surface area contributed by atoms with E-state index < -0.39 is 41.4 Å². The smallest absolute Gasteiger partial charge is 0.334 e. The van der Waals surface area contributed by atoms with Crippen LogP contribution in [0.1, 0.15) is 18.4 Å². The Balaban J connectivity index is 1.77. The molecular weight excluding hydrogens is 397 g/mol. The molecule has 29 heavy (non-hydrogen) atoms. The van der Waals surface area contributed by atoms with Crippen molar-refractivity contribution < 1.29 is 23.5 Å². The highest BCUT2D eigenvalue weighted by Crippen LogP contribution is 2.49. The van der Waals surface area contributed by atoms with E-state index in [1.807, 2.05) is 0 Å². The summed E-state index contributed by atoms with van der Waals surface area (Å²) in [6.45, 7) is 1.85. The van der Waals surface area contributed by atoms with Crippen LogP contribution < -0.4 is 4.90 Å². The topological polar surface area (TPSA) is 63.7 Å². The molecule has 2 aromatic carbocycles. The summed E-state index contributed by atoms with van der Waals surface area (Å²) in [7, 11) is 0. The minimum atomic E-state index is -0.789. The number of carbonyl (C=O) groups excluding carboxylic acids is 3. The van der Waals surface area contributed by atoms with Gasteiger partial charge < -0.3 is 4.74 Å². The molecule has 0 spiro atoms. The number of nitrogens with zero attached hydrogens (tertiary/aromatic N) is 1. The predicted molar refractivity (Wildman–Crippen MR) is 105 cm³/mol. The summed E-state index contributed by atoms with van der Waals surface area (Å²) in [6, 6.07) is 12.0. The molecule has 148 valence electrons. The van der Waals surface area contributed by atoms with E-state index in [2.05, 4.69) is 0 Å². The maximum absolute atomic E-state index is 13.4. The highest BCUT2D eigenvalue weighted by Gasteiger charge is 2.56. The van der Waals surface area contributed by atoms with Gasteiger partial charge in [-0.15, -0.1) is 0 Å². The molecule has 0 saturated carbocycles. The van der Waals surface area contributed by atoms with Crippen LogP contribution in [0.3, 0.4) is 0 Å². The largest absolute Gasteiger partial charge is 0.463 e. The Morgan fingerprint density at radius 2 is 1.72 bits per heavy atom. The Kier molecular flexibility index (Phi) is 4.96. The fourth-order valence-electron chi connectivity index (χ4n) is 4.04. The number of amides is 2. The van der Waals surface area contributed by atoms with E-state index in [4.69, 9.17) is 16.3 Å². The van der Waals surface area contributed by atoms with Gasteiger partial charge in [0, 0.05) is 16.5 Å². The highest BCUT2D eigenvalue weighted by molar-refractivity contribution is 6.31. The molecule has 1 saturated heterocycles. The van der Waals surface area contributed by atoms with E-state index >= 15 is 0 Å². The number of imide groups is 1. The Morgan fingerprint density at radius 1 is 1.07 bits per heavy atom. The van der Waals surface area contributed by atoms with Crippen molar-refractivity contribution in [3.63, 3.8) is 0 Å². The van der Waals surface area contributed by atoms with Crippen LogP contribution in [-0.2, 0) is 19.1 Å². The van der Waals surface area contributed by atoms with Gasteiger partial charge in [-0.25, -0.2) is 14.1 Å². The molecule has 2 aliphatic rings. The number of anilines is 1. The first kappa shape index (κ1) is 19.3. The summed E-state index contributed by atoms with van der Waals surface area (Å²) in [5.74, 6) is -4.08. The molecule has 5 nitrogen and oxygen atoms in total. The minimum absolute atomic E-state index is 0.167. The van der Waals surface area contributed by atoms with Crippen molar-refractivity contribution in [3.05, 3.63) is 76.6 Å². The Bertz CT molecular complexity index is 1020. The second-order valence-electron chi connectivity index (χ2n) is 6.91. The van der Waals surface area contributed by atoms with E-state index in [1.54, 1.807) is 31.2 Å². The molecule has 7 heteroatoms. The summed E-state index contributed by atoms with van der Waals surface area (Å²) in [4.78, 5) is 40.0. The Hall–Kier alpha value is -2.99. The second-order valence-corrected chi connectivity index (χ2v) is 7.35. The lowest BCUT2D eigenvalue weighted by Crippen LogP contribution is -2.33. The quantitative estimate of drug-likeness (QED) is 0.564. The van der Waals surface area contributed by atoms with E-state index in [0.29, 0.717) is 16.3 Å². The van der Waals surface area contributed by atoms with Gasteiger partial charge in [0.2, 0.25) is 11.8 Å². The Morgan fingerprint density at radius 3 is 2.34 bits per heavy atom. The van der Waals surface area contributed by atoms with Crippen LogP contribution in [0.2, 0.25) is 5.02 Å². The zero-order chi connectivity index (χ0) is 20.7. The molecule has 0 bridgehead atoms. The molecule has 1 aliphatic carbocycles.